The Hall–Kier alpha value is -5.78. The number of primary amides is 1. The van der Waals surface area contributed by atoms with E-state index in [1.54, 1.807) is 51.2 Å². The van der Waals surface area contributed by atoms with Gasteiger partial charge in [0.1, 0.15) is 17.7 Å². The fraction of sp³-hybridized carbons (Fsp3) is 0.333. The Morgan fingerprint density at radius 2 is 1.33 bits per heavy atom. The first-order valence-corrected chi connectivity index (χ1v) is 16.9. The molecule has 0 aliphatic rings. The maximum atomic E-state index is 14.2. The number of alkyl carbamates (subject to hydrolysis) is 1. The molecule has 0 aliphatic carbocycles. The van der Waals surface area contributed by atoms with Gasteiger partial charge in [-0.2, -0.15) is 0 Å². The molecule has 4 rings (SSSR count). The van der Waals surface area contributed by atoms with Crippen LogP contribution >= 0.6 is 0 Å². The van der Waals surface area contributed by atoms with Crippen molar-refractivity contribution in [1.82, 2.24) is 20.5 Å². The summed E-state index contributed by atoms with van der Waals surface area (Å²) in [4.78, 5) is 78.0. The van der Waals surface area contributed by atoms with Crippen LogP contribution in [0.4, 0.5) is 4.79 Å². The summed E-state index contributed by atoms with van der Waals surface area (Å²) in [6.45, 7) is 4.98. The summed E-state index contributed by atoms with van der Waals surface area (Å²) >= 11 is 0. The molecule has 3 atom stereocenters. The summed E-state index contributed by atoms with van der Waals surface area (Å²) in [5.74, 6) is -2.29. The Balaban J connectivity index is 1.65. The second-order valence-corrected chi connectivity index (χ2v) is 13.4. The van der Waals surface area contributed by atoms with E-state index in [1.807, 2.05) is 60.7 Å². The molecule has 268 valence electrons. The molecule has 0 aliphatic heterocycles. The highest BCUT2D eigenvalue weighted by Gasteiger charge is 2.32. The second-order valence-electron chi connectivity index (χ2n) is 13.4. The van der Waals surface area contributed by atoms with Crippen molar-refractivity contribution in [3.8, 4) is 0 Å². The molecular weight excluding hydrogens is 650 g/mol. The number of aryl methyl sites for hydroxylation is 1. The molecular formula is C39H45N5O7. The highest BCUT2D eigenvalue weighted by molar-refractivity contribution is 5.96. The summed E-state index contributed by atoms with van der Waals surface area (Å²) in [6, 6.07) is 22.5. The van der Waals surface area contributed by atoms with Crippen molar-refractivity contribution >= 4 is 46.9 Å². The summed E-state index contributed by atoms with van der Waals surface area (Å²) in [5.41, 5.74) is 7.49. The number of nitrogens with zero attached hydrogens (tertiary/aromatic N) is 1. The number of nitrogens with one attached hydrogen (secondary N) is 3. The van der Waals surface area contributed by atoms with E-state index in [0.29, 0.717) is 29.3 Å². The molecule has 0 saturated carbocycles. The lowest BCUT2D eigenvalue weighted by atomic mass is 9.96. The van der Waals surface area contributed by atoms with Crippen LogP contribution in [0.2, 0.25) is 0 Å². The van der Waals surface area contributed by atoms with Crippen LogP contribution in [0, 0.1) is 0 Å². The quantitative estimate of drug-likeness (QED) is 0.121. The fourth-order valence-corrected chi connectivity index (χ4v) is 5.69. The standard InChI is InChI=1S/C39H45N5O7/c1-39(2,3)51-38(50)43-30(19-21-35(40)47)36(48)42-32(23-28-24-44(25-45)33-17-11-10-16-29(28)33)37(49)41-31(22-27-14-8-5-9-15-27)34(46)20-18-26-12-6-4-7-13-26/h4-17,24-25,30-32H,18-23H2,1-3H3,(H2,40,47)(H,41,49)(H,42,48)(H,43,50)/t30-,31-,32+/m0/s1. The van der Waals surface area contributed by atoms with Crippen molar-refractivity contribution in [1.29, 1.82) is 0 Å². The summed E-state index contributed by atoms with van der Waals surface area (Å²) in [5, 5.41) is 8.80. The van der Waals surface area contributed by atoms with Crippen LogP contribution in [0.15, 0.2) is 91.1 Å². The van der Waals surface area contributed by atoms with Crippen LogP contribution < -0.4 is 21.7 Å². The zero-order valence-corrected chi connectivity index (χ0v) is 29.1. The molecule has 0 fully saturated rings. The summed E-state index contributed by atoms with van der Waals surface area (Å²) < 4.78 is 6.71. The van der Waals surface area contributed by atoms with Crippen LogP contribution in [-0.4, -0.2) is 64.3 Å². The van der Waals surface area contributed by atoms with Gasteiger partial charge in [0.25, 0.3) is 0 Å². The van der Waals surface area contributed by atoms with E-state index >= 15 is 0 Å². The Bertz CT molecular complexity index is 1830. The molecule has 0 saturated heterocycles. The van der Waals surface area contributed by atoms with Gasteiger partial charge in [-0.15, -0.1) is 0 Å². The lowest BCUT2D eigenvalue weighted by molar-refractivity contribution is -0.132. The van der Waals surface area contributed by atoms with Crippen molar-refractivity contribution in [2.24, 2.45) is 5.73 Å². The average Bonchev–Trinajstić information content (AvgIpc) is 3.45. The van der Waals surface area contributed by atoms with Crippen molar-refractivity contribution in [2.45, 2.75) is 83.0 Å². The number of hydrogen-bond acceptors (Lipinski definition) is 7. The largest absolute Gasteiger partial charge is 0.444 e. The van der Waals surface area contributed by atoms with Gasteiger partial charge in [-0.1, -0.05) is 78.9 Å². The first kappa shape index (κ1) is 38.0. The number of fused-ring (bicyclic) bond motifs is 1. The van der Waals surface area contributed by atoms with Gasteiger partial charge in [0.05, 0.1) is 11.6 Å². The van der Waals surface area contributed by atoms with Crippen LogP contribution in [0.3, 0.4) is 0 Å². The number of nitrogens with two attached hydrogens (primary N) is 1. The van der Waals surface area contributed by atoms with Gasteiger partial charge in [-0.3, -0.25) is 28.5 Å². The van der Waals surface area contributed by atoms with E-state index in [4.69, 9.17) is 10.5 Å². The first-order valence-electron chi connectivity index (χ1n) is 16.9. The van der Waals surface area contributed by atoms with Crippen molar-refractivity contribution in [3.05, 3.63) is 108 Å². The van der Waals surface area contributed by atoms with Gasteiger partial charge >= 0.3 is 6.09 Å². The van der Waals surface area contributed by atoms with E-state index in [1.165, 1.54) is 4.57 Å². The molecule has 0 spiro atoms. The Morgan fingerprint density at radius 1 is 0.745 bits per heavy atom. The van der Waals surface area contributed by atoms with E-state index in [0.717, 1.165) is 11.1 Å². The maximum Gasteiger partial charge on any atom is 0.408 e. The van der Waals surface area contributed by atoms with E-state index in [9.17, 15) is 28.8 Å². The van der Waals surface area contributed by atoms with Gasteiger partial charge < -0.3 is 26.4 Å². The van der Waals surface area contributed by atoms with E-state index in [-0.39, 0.29) is 37.9 Å². The fourth-order valence-electron chi connectivity index (χ4n) is 5.69. The molecule has 51 heavy (non-hydrogen) atoms. The highest BCUT2D eigenvalue weighted by Crippen LogP contribution is 2.22. The second kappa shape index (κ2) is 17.7. The van der Waals surface area contributed by atoms with E-state index < -0.39 is 47.5 Å². The lowest BCUT2D eigenvalue weighted by Gasteiger charge is -2.26. The molecule has 4 amide bonds. The Labute approximate surface area is 297 Å². The molecule has 12 nitrogen and oxygen atoms in total. The zero-order valence-electron chi connectivity index (χ0n) is 29.1. The average molecular weight is 696 g/mol. The van der Waals surface area contributed by atoms with Gasteiger partial charge in [0, 0.05) is 30.8 Å². The number of rotatable bonds is 17. The van der Waals surface area contributed by atoms with Gasteiger partial charge in [0.2, 0.25) is 24.1 Å². The molecule has 5 N–H and O–H groups in total. The molecule has 1 aromatic heterocycles. The Kier molecular flexibility index (Phi) is 13.2. The predicted octanol–water partition coefficient (Wildman–Crippen LogP) is 3.80. The third-order valence-corrected chi connectivity index (χ3v) is 8.17. The minimum absolute atomic E-state index is 0.0653. The molecule has 12 heteroatoms. The zero-order chi connectivity index (χ0) is 37.0. The third-order valence-electron chi connectivity index (χ3n) is 8.17. The van der Waals surface area contributed by atoms with Crippen molar-refractivity contribution < 1.29 is 33.5 Å². The van der Waals surface area contributed by atoms with Gasteiger partial charge in [-0.05, 0) is 62.8 Å². The minimum atomic E-state index is -1.29. The lowest BCUT2D eigenvalue weighted by Crippen LogP contribution is -2.57. The smallest absolute Gasteiger partial charge is 0.408 e. The number of amides is 4. The summed E-state index contributed by atoms with van der Waals surface area (Å²) in [6.07, 6.45) is 1.74. The molecule has 0 radical (unpaired) electrons. The Morgan fingerprint density at radius 3 is 1.96 bits per heavy atom. The molecule has 0 unspecified atom stereocenters. The number of Topliss-reactive ketones (excluding diaryl/α,β-unsaturated/α-hetero) is 1. The topological polar surface area (TPSA) is 179 Å². The van der Waals surface area contributed by atoms with Crippen LogP contribution in [0.5, 0.6) is 0 Å². The van der Waals surface area contributed by atoms with Crippen molar-refractivity contribution in [3.63, 3.8) is 0 Å². The number of carbonyl (C=O) groups excluding carboxylic acids is 6. The number of aromatic nitrogens is 1. The van der Waals surface area contributed by atoms with Gasteiger partial charge in [-0.25, -0.2) is 4.79 Å². The number of benzene rings is 3. The predicted molar refractivity (Wildman–Crippen MR) is 193 cm³/mol. The number of ether oxygens (including phenoxy) is 1. The van der Waals surface area contributed by atoms with Gasteiger partial charge in [0.15, 0.2) is 5.78 Å². The number of hydrogen-bond donors (Lipinski definition) is 4. The summed E-state index contributed by atoms with van der Waals surface area (Å²) in [7, 11) is 0. The number of para-hydroxylation sites is 1. The third kappa shape index (κ3) is 11.7. The first-order chi connectivity index (χ1) is 24.3. The van der Waals surface area contributed by atoms with Crippen LogP contribution in [0.25, 0.3) is 10.9 Å². The monoisotopic (exact) mass is 695 g/mol. The normalized spacial score (nSPS) is 13.0. The SMILES string of the molecule is CC(C)(C)OC(=O)N[C@@H](CCC(N)=O)C(=O)N[C@H](Cc1cn(C=O)c2ccccc12)C(=O)N[C@@H](Cc1ccccc1)C(=O)CCc1ccccc1. The minimum Gasteiger partial charge on any atom is -0.444 e. The molecule has 1 heterocycles. The van der Waals surface area contributed by atoms with E-state index in [2.05, 4.69) is 16.0 Å². The highest BCUT2D eigenvalue weighted by atomic mass is 16.6. The van der Waals surface area contributed by atoms with Crippen LogP contribution in [0.1, 0.15) is 56.7 Å². The molecule has 0 bridgehead atoms. The molecule has 4 aromatic rings. The van der Waals surface area contributed by atoms with Crippen LogP contribution in [-0.2, 0) is 48.0 Å². The number of ketones is 1. The molecule has 3 aromatic carbocycles. The van der Waals surface area contributed by atoms with Crippen molar-refractivity contribution in [2.75, 3.05) is 0 Å². The number of carbonyl (C=O) groups is 6. The maximum absolute atomic E-state index is 14.2.